The van der Waals surface area contributed by atoms with Gasteiger partial charge in [-0.25, -0.2) is 5.01 Å². The molecule has 2 atom stereocenters. The van der Waals surface area contributed by atoms with E-state index in [2.05, 4.69) is 29.3 Å². The van der Waals surface area contributed by atoms with Gasteiger partial charge in [-0.2, -0.15) is 0 Å². The Kier molecular flexibility index (Phi) is 3.51. The van der Waals surface area contributed by atoms with E-state index in [1.165, 1.54) is 12.7 Å². The lowest BCUT2D eigenvalue weighted by Crippen LogP contribution is -2.47. The van der Waals surface area contributed by atoms with Crippen molar-refractivity contribution >= 4 is 11.6 Å². The quantitative estimate of drug-likeness (QED) is 0.658. The average molecular weight is 253 g/mol. The second kappa shape index (κ2) is 4.93. The Labute approximate surface area is 106 Å². The summed E-state index contributed by atoms with van der Waals surface area (Å²) in [5.41, 5.74) is 3.17. The molecule has 0 amide bonds. The van der Waals surface area contributed by atoms with Crippen LogP contribution in [0.5, 0.6) is 0 Å². The topological polar surface area (TPSA) is 76.2 Å². The molecule has 1 aliphatic rings. The maximum atomic E-state index is 10.9. The number of hydrogen-bond donors (Lipinski definition) is 1. The molecule has 1 fully saturated rings. The molecule has 0 bridgehead atoms. The third-order valence-corrected chi connectivity index (χ3v) is 3.52. The van der Waals surface area contributed by atoms with E-state index in [0.717, 1.165) is 12.8 Å². The fourth-order valence-electron chi connectivity index (χ4n) is 2.44. The van der Waals surface area contributed by atoms with E-state index in [4.69, 9.17) is 0 Å². The van der Waals surface area contributed by atoms with Crippen LogP contribution in [0.3, 0.4) is 0 Å². The van der Waals surface area contributed by atoms with Gasteiger partial charge in [0.15, 0.2) is 0 Å². The van der Waals surface area contributed by atoms with Gasteiger partial charge in [-0.3, -0.25) is 9.99 Å². The minimum absolute atomic E-state index is 0.123. The van der Waals surface area contributed by atoms with E-state index in [-0.39, 0.29) is 5.82 Å². The van der Waals surface area contributed by atoms with Crippen LogP contribution in [0.1, 0.15) is 33.1 Å². The number of nitrogens with zero attached hydrogens (tertiary/aromatic N) is 4. The van der Waals surface area contributed by atoms with Gasteiger partial charge in [0.25, 0.3) is 0 Å². The van der Waals surface area contributed by atoms with Crippen molar-refractivity contribution in [2.24, 2.45) is 7.05 Å². The first kappa shape index (κ1) is 12.8. The number of imidazole rings is 1. The number of hydrogen-bond acceptors (Lipinski definition) is 5. The molecule has 7 heteroatoms. The summed E-state index contributed by atoms with van der Waals surface area (Å²) in [6, 6.07) is 0.728. The van der Waals surface area contributed by atoms with Crippen LogP contribution in [0.4, 0.5) is 11.6 Å². The lowest BCUT2D eigenvalue weighted by molar-refractivity contribution is -0.388. The molecule has 2 unspecified atom stereocenters. The van der Waals surface area contributed by atoms with Gasteiger partial charge in [0.1, 0.15) is 0 Å². The number of aryl methyl sites for hydroxylation is 1. The second-order valence-electron chi connectivity index (χ2n) is 4.93. The van der Waals surface area contributed by atoms with E-state index >= 15 is 0 Å². The standard InChI is InChI=1S/C11H19N5O2/c1-8-5-4-6-9(2)15(8)13-11-10(16(17)18)12-7-14(11)3/h7-9,13H,4-6H2,1-3H3. The highest BCUT2D eigenvalue weighted by molar-refractivity contribution is 5.51. The Morgan fingerprint density at radius 3 is 2.61 bits per heavy atom. The second-order valence-corrected chi connectivity index (χ2v) is 4.93. The van der Waals surface area contributed by atoms with E-state index in [1.807, 2.05) is 0 Å². The first-order valence-corrected chi connectivity index (χ1v) is 6.21. The summed E-state index contributed by atoms with van der Waals surface area (Å²) < 4.78 is 1.65. The van der Waals surface area contributed by atoms with E-state index < -0.39 is 4.92 Å². The number of anilines is 1. The molecule has 2 rings (SSSR count). The van der Waals surface area contributed by atoms with Crippen molar-refractivity contribution < 1.29 is 4.92 Å². The molecule has 0 saturated carbocycles. The van der Waals surface area contributed by atoms with Crippen LogP contribution in [-0.4, -0.2) is 31.6 Å². The molecule has 1 saturated heterocycles. The smallest absolute Gasteiger partial charge is 0.358 e. The zero-order valence-electron chi connectivity index (χ0n) is 11.0. The van der Waals surface area contributed by atoms with Gasteiger partial charge < -0.3 is 10.1 Å². The Morgan fingerprint density at radius 1 is 1.44 bits per heavy atom. The number of aromatic nitrogens is 2. The summed E-state index contributed by atoms with van der Waals surface area (Å²) in [5, 5.41) is 13.0. The summed E-state index contributed by atoms with van der Waals surface area (Å²) in [6.07, 6.45) is 4.86. The van der Waals surface area contributed by atoms with Crippen molar-refractivity contribution in [3.05, 3.63) is 16.4 Å². The molecule has 1 N–H and O–H groups in total. The molecule has 1 aromatic rings. The molecule has 1 aliphatic heterocycles. The van der Waals surface area contributed by atoms with Crippen LogP contribution in [0.2, 0.25) is 0 Å². The molecule has 18 heavy (non-hydrogen) atoms. The van der Waals surface area contributed by atoms with Crippen LogP contribution < -0.4 is 5.43 Å². The van der Waals surface area contributed by atoms with Gasteiger partial charge in [-0.15, -0.1) is 0 Å². The number of rotatable bonds is 3. The molecular formula is C11H19N5O2. The number of hydrazine groups is 1. The molecular weight excluding hydrogens is 234 g/mol. The van der Waals surface area contributed by atoms with Crippen molar-refractivity contribution in [3.63, 3.8) is 0 Å². The highest BCUT2D eigenvalue weighted by Crippen LogP contribution is 2.27. The lowest BCUT2D eigenvalue weighted by atomic mass is 10.00. The van der Waals surface area contributed by atoms with Crippen molar-refractivity contribution in [3.8, 4) is 0 Å². The van der Waals surface area contributed by atoms with Gasteiger partial charge in [0.05, 0.1) is 0 Å². The van der Waals surface area contributed by atoms with Crippen molar-refractivity contribution in [2.75, 3.05) is 5.43 Å². The summed E-state index contributed by atoms with van der Waals surface area (Å²) in [7, 11) is 1.75. The van der Waals surface area contributed by atoms with Crippen LogP contribution in [-0.2, 0) is 7.05 Å². The predicted octanol–water partition coefficient (Wildman–Crippen LogP) is 1.92. The Hall–Kier alpha value is -1.63. The molecule has 7 nitrogen and oxygen atoms in total. The summed E-state index contributed by atoms with van der Waals surface area (Å²) in [5.74, 6) is 0.322. The number of nitro groups is 1. The van der Waals surface area contributed by atoms with Crippen LogP contribution in [0, 0.1) is 10.1 Å². The Bertz CT molecular complexity index is 435. The molecule has 100 valence electrons. The maximum Gasteiger partial charge on any atom is 0.407 e. The van der Waals surface area contributed by atoms with Gasteiger partial charge in [0.2, 0.25) is 12.1 Å². The predicted molar refractivity (Wildman–Crippen MR) is 68.1 cm³/mol. The fourth-order valence-corrected chi connectivity index (χ4v) is 2.44. The monoisotopic (exact) mass is 253 g/mol. The van der Waals surface area contributed by atoms with Crippen molar-refractivity contribution in [1.82, 2.24) is 14.6 Å². The van der Waals surface area contributed by atoms with Crippen molar-refractivity contribution in [2.45, 2.75) is 45.2 Å². The largest absolute Gasteiger partial charge is 0.407 e. The molecule has 0 spiro atoms. The highest BCUT2D eigenvalue weighted by Gasteiger charge is 2.29. The highest BCUT2D eigenvalue weighted by atomic mass is 16.6. The molecule has 0 aromatic carbocycles. The number of nitrogens with one attached hydrogen (secondary N) is 1. The minimum Gasteiger partial charge on any atom is -0.358 e. The first-order chi connectivity index (χ1) is 8.50. The SMILES string of the molecule is CC1CCCC(C)N1Nc1c([N+](=O)[O-])ncn1C. The maximum absolute atomic E-state index is 10.9. The van der Waals surface area contributed by atoms with Crippen molar-refractivity contribution in [1.29, 1.82) is 0 Å². The van der Waals surface area contributed by atoms with Gasteiger partial charge >= 0.3 is 5.82 Å². The fraction of sp³-hybridized carbons (Fsp3) is 0.727. The lowest BCUT2D eigenvalue weighted by Gasteiger charge is -2.38. The van der Waals surface area contributed by atoms with Crippen LogP contribution in [0.15, 0.2) is 6.33 Å². The van der Waals surface area contributed by atoms with Crippen LogP contribution >= 0.6 is 0 Å². The summed E-state index contributed by atoms with van der Waals surface area (Å²) >= 11 is 0. The number of piperidine rings is 1. The van der Waals surface area contributed by atoms with Crippen LogP contribution in [0.25, 0.3) is 0 Å². The summed E-state index contributed by atoms with van der Waals surface area (Å²) in [4.78, 5) is 14.3. The minimum atomic E-state index is -0.457. The molecule has 0 aliphatic carbocycles. The van der Waals surface area contributed by atoms with E-state index in [9.17, 15) is 10.1 Å². The first-order valence-electron chi connectivity index (χ1n) is 6.21. The normalized spacial score (nSPS) is 25.1. The Balaban J connectivity index is 2.22. The van der Waals surface area contributed by atoms with E-state index in [0.29, 0.717) is 17.9 Å². The van der Waals surface area contributed by atoms with Gasteiger partial charge in [0, 0.05) is 19.1 Å². The Morgan fingerprint density at radius 2 is 2.06 bits per heavy atom. The van der Waals surface area contributed by atoms with Gasteiger partial charge in [-0.1, -0.05) is 6.42 Å². The van der Waals surface area contributed by atoms with E-state index in [1.54, 1.807) is 11.6 Å². The zero-order valence-corrected chi connectivity index (χ0v) is 11.0. The van der Waals surface area contributed by atoms with Gasteiger partial charge in [-0.05, 0) is 36.6 Å². The summed E-state index contributed by atoms with van der Waals surface area (Å²) in [6.45, 7) is 4.26. The molecule has 0 radical (unpaired) electrons. The zero-order chi connectivity index (χ0) is 13.3. The molecule has 2 heterocycles. The average Bonchev–Trinajstić information content (AvgIpc) is 2.66. The third kappa shape index (κ3) is 2.31. The molecule has 1 aromatic heterocycles. The third-order valence-electron chi connectivity index (χ3n) is 3.52.